The van der Waals surface area contributed by atoms with E-state index in [0.29, 0.717) is 6.54 Å². The summed E-state index contributed by atoms with van der Waals surface area (Å²) in [5.74, 6) is -0.333. The summed E-state index contributed by atoms with van der Waals surface area (Å²) in [4.78, 5) is 11.8. The van der Waals surface area contributed by atoms with Gasteiger partial charge in [0, 0.05) is 25.4 Å². The van der Waals surface area contributed by atoms with Gasteiger partial charge in [-0.3, -0.25) is 9.48 Å². The highest BCUT2D eigenvalue weighted by Crippen LogP contribution is 2.19. The molecular weight excluding hydrogens is 276 g/mol. The fourth-order valence-corrected chi connectivity index (χ4v) is 1.99. The van der Waals surface area contributed by atoms with Gasteiger partial charge in [0.25, 0.3) is 5.91 Å². The molecule has 112 valence electrons. The maximum Gasteiger partial charge on any atom is 0.261 e. The van der Waals surface area contributed by atoms with Crippen LogP contribution >= 0.6 is 0 Å². The van der Waals surface area contributed by atoms with Crippen LogP contribution in [0.1, 0.15) is 18.9 Å². The molecule has 1 N–H and O–H groups in total. The minimum absolute atomic E-state index is 0.113. The van der Waals surface area contributed by atoms with Crippen LogP contribution in [0.25, 0.3) is 17.2 Å². The second-order valence-electron chi connectivity index (χ2n) is 4.95. The zero-order valence-electron chi connectivity index (χ0n) is 12.7. The second kappa shape index (κ2) is 7.23. The largest absolute Gasteiger partial charge is 0.351 e. The lowest BCUT2D eigenvalue weighted by Crippen LogP contribution is -2.25. The molecule has 2 aromatic rings. The third-order valence-corrected chi connectivity index (χ3v) is 3.16. The first-order valence-corrected chi connectivity index (χ1v) is 7.13. The monoisotopic (exact) mass is 294 g/mol. The fourth-order valence-electron chi connectivity index (χ4n) is 1.99. The molecule has 2 rings (SSSR count). The molecule has 1 aromatic heterocycles. The van der Waals surface area contributed by atoms with Crippen molar-refractivity contribution in [2.75, 3.05) is 6.54 Å². The molecule has 0 aliphatic carbocycles. The number of nitrogens with zero attached hydrogens (tertiary/aromatic N) is 3. The van der Waals surface area contributed by atoms with Gasteiger partial charge in [-0.1, -0.05) is 31.2 Å². The van der Waals surface area contributed by atoms with Gasteiger partial charge in [0.05, 0.1) is 6.20 Å². The summed E-state index contributed by atoms with van der Waals surface area (Å²) in [6, 6.07) is 9.60. The molecule has 0 unspecified atom stereocenters. The van der Waals surface area contributed by atoms with E-state index in [4.69, 9.17) is 5.26 Å². The number of benzene rings is 1. The molecule has 0 spiro atoms. The molecule has 0 aliphatic rings. The number of nitriles is 1. The van der Waals surface area contributed by atoms with Crippen LogP contribution in [0.15, 0.2) is 42.2 Å². The maximum atomic E-state index is 11.8. The number of hydrogen-bond donors (Lipinski definition) is 1. The minimum Gasteiger partial charge on any atom is -0.351 e. The fraction of sp³-hybridized carbons (Fsp3) is 0.235. The molecule has 1 heterocycles. The average Bonchev–Trinajstić information content (AvgIpc) is 2.97. The smallest absolute Gasteiger partial charge is 0.261 e. The van der Waals surface area contributed by atoms with E-state index in [1.807, 2.05) is 50.5 Å². The quantitative estimate of drug-likeness (QED) is 0.680. The summed E-state index contributed by atoms with van der Waals surface area (Å²) >= 11 is 0. The average molecular weight is 294 g/mol. The predicted molar refractivity (Wildman–Crippen MR) is 85.5 cm³/mol. The van der Waals surface area contributed by atoms with Crippen LogP contribution in [0.4, 0.5) is 0 Å². The van der Waals surface area contributed by atoms with Crippen molar-refractivity contribution in [1.29, 1.82) is 5.26 Å². The molecule has 1 amide bonds. The van der Waals surface area contributed by atoms with Crippen molar-refractivity contribution in [3.63, 3.8) is 0 Å². The van der Waals surface area contributed by atoms with E-state index < -0.39 is 0 Å². The molecular formula is C17H18N4O. The van der Waals surface area contributed by atoms with Gasteiger partial charge in [-0.25, -0.2) is 0 Å². The lowest BCUT2D eigenvalue weighted by atomic mass is 10.1. The van der Waals surface area contributed by atoms with Crippen LogP contribution < -0.4 is 5.32 Å². The van der Waals surface area contributed by atoms with Gasteiger partial charge in [0.1, 0.15) is 11.6 Å². The van der Waals surface area contributed by atoms with Crippen LogP contribution in [0.2, 0.25) is 0 Å². The molecule has 5 heteroatoms. The summed E-state index contributed by atoms with van der Waals surface area (Å²) in [6.07, 6.45) is 6.16. The highest BCUT2D eigenvalue weighted by atomic mass is 16.1. The molecule has 0 fully saturated rings. The van der Waals surface area contributed by atoms with Gasteiger partial charge in [-0.05, 0) is 23.6 Å². The van der Waals surface area contributed by atoms with Gasteiger partial charge in [0.2, 0.25) is 0 Å². The van der Waals surface area contributed by atoms with Crippen molar-refractivity contribution in [3.05, 3.63) is 47.8 Å². The molecule has 5 nitrogen and oxygen atoms in total. The number of aryl methyl sites for hydroxylation is 1. The van der Waals surface area contributed by atoms with Gasteiger partial charge in [-0.2, -0.15) is 10.4 Å². The van der Waals surface area contributed by atoms with E-state index in [1.54, 1.807) is 17.0 Å². The van der Waals surface area contributed by atoms with E-state index in [0.717, 1.165) is 23.1 Å². The highest BCUT2D eigenvalue weighted by Gasteiger charge is 2.08. The Morgan fingerprint density at radius 3 is 2.64 bits per heavy atom. The molecule has 0 saturated carbocycles. The summed E-state index contributed by atoms with van der Waals surface area (Å²) in [7, 11) is 1.87. The number of amides is 1. The van der Waals surface area contributed by atoms with Crippen LogP contribution in [0, 0.1) is 11.3 Å². The SMILES string of the molecule is CCCNC(=O)/C(C#N)=C\c1ccc(-c2cnn(C)c2)cc1. The Balaban J connectivity index is 2.17. The Kier molecular flexibility index (Phi) is 5.10. The van der Waals surface area contributed by atoms with Crippen LogP contribution in [0.5, 0.6) is 0 Å². The van der Waals surface area contributed by atoms with Crippen molar-refractivity contribution < 1.29 is 4.79 Å². The van der Waals surface area contributed by atoms with Gasteiger partial charge in [0.15, 0.2) is 0 Å². The first-order chi connectivity index (χ1) is 10.6. The van der Waals surface area contributed by atoms with E-state index >= 15 is 0 Å². The van der Waals surface area contributed by atoms with Crippen molar-refractivity contribution in [1.82, 2.24) is 15.1 Å². The summed E-state index contributed by atoms with van der Waals surface area (Å²) in [5.41, 5.74) is 3.00. The number of rotatable bonds is 5. The van der Waals surface area contributed by atoms with Crippen LogP contribution in [0.3, 0.4) is 0 Å². The predicted octanol–water partition coefficient (Wildman–Crippen LogP) is 2.52. The Bertz CT molecular complexity index is 720. The van der Waals surface area contributed by atoms with Gasteiger partial charge in [-0.15, -0.1) is 0 Å². The van der Waals surface area contributed by atoms with Crippen molar-refractivity contribution in [2.24, 2.45) is 7.05 Å². The lowest BCUT2D eigenvalue weighted by molar-refractivity contribution is -0.117. The Morgan fingerprint density at radius 1 is 1.36 bits per heavy atom. The topological polar surface area (TPSA) is 70.7 Å². The van der Waals surface area contributed by atoms with Gasteiger partial charge < -0.3 is 5.32 Å². The molecule has 0 bridgehead atoms. The zero-order chi connectivity index (χ0) is 15.9. The molecule has 1 aromatic carbocycles. The van der Waals surface area contributed by atoms with Crippen LogP contribution in [-0.4, -0.2) is 22.2 Å². The minimum atomic E-state index is -0.333. The van der Waals surface area contributed by atoms with E-state index in [2.05, 4.69) is 10.4 Å². The van der Waals surface area contributed by atoms with Crippen LogP contribution in [-0.2, 0) is 11.8 Å². The zero-order valence-corrected chi connectivity index (χ0v) is 12.7. The molecule has 0 atom stereocenters. The second-order valence-corrected chi connectivity index (χ2v) is 4.95. The number of nitrogens with one attached hydrogen (secondary N) is 1. The molecule has 0 saturated heterocycles. The van der Waals surface area contributed by atoms with Crippen molar-refractivity contribution >= 4 is 12.0 Å². The Labute approximate surface area is 129 Å². The first kappa shape index (κ1) is 15.5. The maximum absolute atomic E-state index is 11.8. The highest BCUT2D eigenvalue weighted by molar-refractivity contribution is 6.01. The summed E-state index contributed by atoms with van der Waals surface area (Å²) in [6.45, 7) is 2.53. The van der Waals surface area contributed by atoms with E-state index in [9.17, 15) is 4.79 Å². The number of carbonyl (C=O) groups excluding carboxylic acids is 1. The molecule has 0 radical (unpaired) electrons. The molecule has 22 heavy (non-hydrogen) atoms. The third-order valence-electron chi connectivity index (χ3n) is 3.16. The third kappa shape index (κ3) is 3.83. The first-order valence-electron chi connectivity index (χ1n) is 7.13. The van der Waals surface area contributed by atoms with Crippen molar-refractivity contribution in [2.45, 2.75) is 13.3 Å². The van der Waals surface area contributed by atoms with Gasteiger partial charge >= 0.3 is 0 Å². The number of hydrogen-bond acceptors (Lipinski definition) is 3. The molecule has 0 aliphatic heterocycles. The lowest BCUT2D eigenvalue weighted by Gasteiger charge is -2.02. The standard InChI is InChI=1S/C17H18N4O/c1-3-8-19-17(22)15(10-18)9-13-4-6-14(7-5-13)16-11-20-21(2)12-16/h4-7,9,11-12H,3,8H2,1-2H3,(H,19,22)/b15-9-. The normalized spacial score (nSPS) is 11.0. The van der Waals surface area contributed by atoms with E-state index in [1.165, 1.54) is 0 Å². The summed E-state index contributed by atoms with van der Waals surface area (Å²) in [5, 5.41) is 15.9. The number of carbonyl (C=O) groups is 1. The van der Waals surface area contributed by atoms with Crippen molar-refractivity contribution in [3.8, 4) is 17.2 Å². The Hall–Kier alpha value is -2.87. The van der Waals surface area contributed by atoms with E-state index in [-0.39, 0.29) is 11.5 Å². The Morgan fingerprint density at radius 2 is 2.09 bits per heavy atom. The number of aromatic nitrogens is 2. The summed E-state index contributed by atoms with van der Waals surface area (Å²) < 4.78 is 1.75.